The molecule has 0 radical (unpaired) electrons. The van der Waals surface area contributed by atoms with Crippen molar-refractivity contribution in [3.8, 4) is 0 Å². The number of aromatic nitrogens is 2. The molecule has 3 rings (SSSR count). The zero-order valence-electron chi connectivity index (χ0n) is 14.7. The Hall–Kier alpha value is -2.09. The summed E-state index contributed by atoms with van der Waals surface area (Å²) in [5, 5.41) is 3.15. The smallest absolute Gasteiger partial charge is 0.193 e. The number of nitrogens with one attached hydrogen (secondary N) is 1. The minimum atomic E-state index is 0. The van der Waals surface area contributed by atoms with Gasteiger partial charge in [0.25, 0.3) is 0 Å². The fourth-order valence-electron chi connectivity index (χ4n) is 2.66. The van der Waals surface area contributed by atoms with E-state index in [1.165, 1.54) is 5.56 Å². The van der Waals surface area contributed by atoms with Crippen molar-refractivity contribution in [1.29, 1.82) is 0 Å². The minimum absolute atomic E-state index is 0. The van der Waals surface area contributed by atoms with E-state index in [9.17, 15) is 0 Å². The molecule has 0 saturated heterocycles. The van der Waals surface area contributed by atoms with Crippen molar-refractivity contribution < 1.29 is 0 Å². The Balaban J connectivity index is 0.00000225. The van der Waals surface area contributed by atoms with Crippen LogP contribution < -0.4 is 11.1 Å². The number of fused-ring (bicyclic) bond motifs is 1. The van der Waals surface area contributed by atoms with Gasteiger partial charge >= 0.3 is 0 Å². The third-order valence-electron chi connectivity index (χ3n) is 4.10. The van der Waals surface area contributed by atoms with E-state index in [-0.39, 0.29) is 24.0 Å². The van der Waals surface area contributed by atoms with Gasteiger partial charge in [-0.25, -0.2) is 9.98 Å². The molecule has 0 bridgehead atoms. The molecule has 0 aliphatic rings. The Labute approximate surface area is 165 Å². The molecule has 0 spiro atoms. The van der Waals surface area contributed by atoms with Gasteiger partial charge < -0.3 is 15.6 Å². The summed E-state index contributed by atoms with van der Waals surface area (Å²) in [6.07, 6.45) is 0. The van der Waals surface area contributed by atoms with E-state index in [0.29, 0.717) is 18.4 Å². The van der Waals surface area contributed by atoms with Crippen LogP contribution in [-0.2, 0) is 13.6 Å². The van der Waals surface area contributed by atoms with Crippen LogP contribution in [0.1, 0.15) is 31.2 Å². The van der Waals surface area contributed by atoms with Crippen molar-refractivity contribution >= 4 is 46.7 Å². The number of imidazole rings is 1. The second kappa shape index (κ2) is 8.33. The van der Waals surface area contributed by atoms with E-state index in [4.69, 9.17) is 5.73 Å². The summed E-state index contributed by atoms with van der Waals surface area (Å²) in [4.78, 5) is 9.02. The van der Waals surface area contributed by atoms with Gasteiger partial charge in [0.2, 0.25) is 0 Å². The number of halogens is 1. The highest BCUT2D eigenvalue weighted by Gasteiger charge is 2.06. The van der Waals surface area contributed by atoms with Crippen LogP contribution >= 0.6 is 24.0 Å². The highest BCUT2D eigenvalue weighted by atomic mass is 127. The fraction of sp³-hybridized carbons (Fsp3) is 0.263. The number of aliphatic imine (C=N–C) groups is 1. The quantitative estimate of drug-likeness (QED) is 0.356. The highest BCUT2D eigenvalue weighted by Crippen LogP contribution is 2.18. The lowest BCUT2D eigenvalue weighted by Gasteiger charge is -2.10. The number of nitrogens with zero attached hydrogens (tertiary/aromatic N) is 3. The molecule has 0 aliphatic carbocycles. The van der Waals surface area contributed by atoms with Crippen LogP contribution in [0.3, 0.4) is 0 Å². The Kier molecular flexibility index (Phi) is 6.41. The maximum Gasteiger partial charge on any atom is 0.193 e. The zero-order valence-corrected chi connectivity index (χ0v) is 17.1. The maximum absolute atomic E-state index is 6.03. The first kappa shape index (κ1) is 19.2. The predicted molar refractivity (Wildman–Crippen MR) is 116 cm³/mol. The summed E-state index contributed by atoms with van der Waals surface area (Å²) in [6.45, 7) is 4.78. The lowest BCUT2D eigenvalue weighted by Crippen LogP contribution is -2.23. The maximum atomic E-state index is 6.03. The summed E-state index contributed by atoms with van der Waals surface area (Å²) in [7, 11) is 2.00. The van der Waals surface area contributed by atoms with Crippen molar-refractivity contribution in [2.75, 3.05) is 5.32 Å². The van der Waals surface area contributed by atoms with Crippen LogP contribution in [-0.4, -0.2) is 15.5 Å². The van der Waals surface area contributed by atoms with Gasteiger partial charge in [0.1, 0.15) is 12.4 Å². The van der Waals surface area contributed by atoms with Gasteiger partial charge in [0.15, 0.2) is 5.96 Å². The van der Waals surface area contributed by atoms with Crippen molar-refractivity contribution in [3.05, 3.63) is 59.9 Å². The molecule has 132 valence electrons. The second-order valence-electron chi connectivity index (χ2n) is 6.18. The topological polar surface area (TPSA) is 68.2 Å². The van der Waals surface area contributed by atoms with Crippen molar-refractivity contribution in [2.45, 2.75) is 26.3 Å². The Bertz CT molecular complexity index is 882. The molecule has 6 heteroatoms. The number of para-hydroxylation sites is 2. The molecule has 3 aromatic rings. The standard InChI is InChI=1S/C19H23N5.HI/c1-13(2)14-7-6-8-15(11-14)22-19(20)21-12-18-23-16-9-4-5-10-17(16)24(18)3;/h4-11,13H,12H2,1-3H3,(H3,20,21,22);1H. The highest BCUT2D eigenvalue weighted by molar-refractivity contribution is 14.0. The third-order valence-corrected chi connectivity index (χ3v) is 4.10. The normalized spacial score (nSPS) is 11.6. The van der Waals surface area contributed by atoms with Gasteiger partial charge in [0.05, 0.1) is 11.0 Å². The summed E-state index contributed by atoms with van der Waals surface area (Å²) >= 11 is 0. The van der Waals surface area contributed by atoms with Gasteiger partial charge in [-0.2, -0.15) is 0 Å². The first-order valence-corrected chi connectivity index (χ1v) is 8.12. The van der Waals surface area contributed by atoms with Crippen LogP contribution in [0.2, 0.25) is 0 Å². The van der Waals surface area contributed by atoms with E-state index in [1.54, 1.807) is 0 Å². The molecule has 0 atom stereocenters. The van der Waals surface area contributed by atoms with Crippen LogP contribution in [0.4, 0.5) is 5.69 Å². The molecule has 25 heavy (non-hydrogen) atoms. The van der Waals surface area contributed by atoms with Gasteiger partial charge in [-0.1, -0.05) is 38.1 Å². The van der Waals surface area contributed by atoms with Crippen LogP contribution in [0.15, 0.2) is 53.5 Å². The summed E-state index contributed by atoms with van der Waals surface area (Å²) in [6, 6.07) is 16.3. The van der Waals surface area contributed by atoms with Crippen LogP contribution in [0.5, 0.6) is 0 Å². The average Bonchev–Trinajstić information content (AvgIpc) is 2.90. The lowest BCUT2D eigenvalue weighted by molar-refractivity contribution is 0.812. The number of nitrogens with two attached hydrogens (primary N) is 1. The van der Waals surface area contributed by atoms with Gasteiger partial charge in [-0.15, -0.1) is 24.0 Å². The van der Waals surface area contributed by atoms with Gasteiger partial charge in [-0.3, -0.25) is 0 Å². The van der Waals surface area contributed by atoms with E-state index >= 15 is 0 Å². The first-order valence-electron chi connectivity index (χ1n) is 8.12. The van der Waals surface area contributed by atoms with Crippen molar-refractivity contribution in [1.82, 2.24) is 9.55 Å². The molecular formula is C19H24IN5. The lowest BCUT2D eigenvalue weighted by atomic mass is 10.0. The van der Waals surface area contributed by atoms with E-state index in [2.05, 4.69) is 47.3 Å². The third kappa shape index (κ3) is 4.50. The monoisotopic (exact) mass is 449 g/mol. The van der Waals surface area contributed by atoms with E-state index in [0.717, 1.165) is 22.5 Å². The van der Waals surface area contributed by atoms with E-state index in [1.807, 2.05) is 41.9 Å². The van der Waals surface area contributed by atoms with Gasteiger partial charge in [0, 0.05) is 12.7 Å². The molecule has 0 amide bonds. The molecule has 1 aromatic heterocycles. The molecule has 5 nitrogen and oxygen atoms in total. The molecule has 0 fully saturated rings. The fourth-order valence-corrected chi connectivity index (χ4v) is 2.66. The van der Waals surface area contributed by atoms with E-state index < -0.39 is 0 Å². The largest absolute Gasteiger partial charge is 0.370 e. The predicted octanol–water partition coefficient (Wildman–Crippen LogP) is 4.24. The van der Waals surface area contributed by atoms with Crippen molar-refractivity contribution in [3.63, 3.8) is 0 Å². The minimum Gasteiger partial charge on any atom is -0.370 e. The number of rotatable bonds is 4. The van der Waals surface area contributed by atoms with Crippen LogP contribution in [0, 0.1) is 0 Å². The summed E-state index contributed by atoms with van der Waals surface area (Å²) in [5.41, 5.74) is 10.3. The number of guanidine groups is 1. The Morgan fingerprint density at radius 2 is 1.96 bits per heavy atom. The van der Waals surface area contributed by atoms with Crippen molar-refractivity contribution in [2.24, 2.45) is 17.8 Å². The summed E-state index contributed by atoms with van der Waals surface area (Å²) in [5.74, 6) is 1.75. The second-order valence-corrected chi connectivity index (χ2v) is 6.18. The molecule has 0 unspecified atom stereocenters. The number of benzene rings is 2. The Morgan fingerprint density at radius 3 is 2.68 bits per heavy atom. The molecule has 0 aliphatic heterocycles. The number of hydrogen-bond acceptors (Lipinski definition) is 2. The molecule has 2 aromatic carbocycles. The van der Waals surface area contributed by atoms with Gasteiger partial charge in [-0.05, 0) is 35.7 Å². The average molecular weight is 449 g/mol. The van der Waals surface area contributed by atoms with Crippen LogP contribution in [0.25, 0.3) is 11.0 Å². The first-order chi connectivity index (χ1) is 11.5. The summed E-state index contributed by atoms with van der Waals surface area (Å²) < 4.78 is 2.05. The SMILES string of the molecule is CC(C)c1cccc(NC(N)=NCc2nc3ccccc3n2C)c1.I. The Morgan fingerprint density at radius 1 is 1.20 bits per heavy atom. The molecule has 0 saturated carbocycles. The zero-order chi connectivity index (χ0) is 17.1. The number of anilines is 1. The number of hydrogen-bond donors (Lipinski definition) is 2. The molecule has 1 heterocycles. The number of aryl methyl sites for hydroxylation is 1. The molecule has 3 N–H and O–H groups in total. The molecular weight excluding hydrogens is 425 g/mol.